The Morgan fingerprint density at radius 2 is 0.872 bits per heavy atom. The molecule has 86 heavy (non-hydrogen) atoms. The molecule has 0 bridgehead atoms. The number of ether oxygens (including phenoxy) is 6. The number of hydrogen-bond donors (Lipinski definition) is 0. The highest BCUT2D eigenvalue weighted by Gasteiger charge is 2.41. The number of nitrogens with zero attached hydrogens (tertiary/aromatic N) is 6. The molecule has 4 fully saturated rings. The second kappa shape index (κ2) is 31.4. The van der Waals surface area contributed by atoms with Crippen LogP contribution in [0, 0.1) is 23.5 Å². The van der Waals surface area contributed by atoms with Crippen LogP contribution >= 0.6 is 0 Å². The first-order valence-electron chi connectivity index (χ1n) is 30.7. The fourth-order valence-electron chi connectivity index (χ4n) is 11.5. The fraction of sp³-hybridized carbons (Fsp3) is 0.545. The Hall–Kier alpha value is -7.32. The van der Waals surface area contributed by atoms with Crippen molar-refractivity contribution in [3.8, 4) is 11.5 Å². The summed E-state index contributed by atoms with van der Waals surface area (Å²) in [6, 6.07) is 24.1. The first kappa shape index (κ1) is 64.7. The molecule has 8 rings (SSSR count). The largest absolute Gasteiger partial charge is 0.493 e. The average molecular weight is 1190 g/mol. The molecule has 4 unspecified atom stereocenters. The van der Waals surface area contributed by atoms with Crippen LogP contribution in [0.15, 0.2) is 97.1 Å². The molecule has 4 aliphatic rings. The second-order valence-electron chi connectivity index (χ2n) is 23.8. The third-order valence-corrected chi connectivity index (χ3v) is 16.5. The molecule has 0 aliphatic carbocycles. The summed E-state index contributed by atoms with van der Waals surface area (Å²) in [7, 11) is 0. The average Bonchev–Trinajstić information content (AvgIpc) is 3.08. The van der Waals surface area contributed by atoms with E-state index in [4.69, 9.17) is 28.4 Å². The van der Waals surface area contributed by atoms with E-state index in [0.29, 0.717) is 114 Å². The van der Waals surface area contributed by atoms with Crippen molar-refractivity contribution < 1.29 is 66.0 Å². The molecule has 4 aliphatic heterocycles. The lowest BCUT2D eigenvalue weighted by molar-refractivity contribution is -0.181. The molecular formula is C66H86F2N6O12. The third kappa shape index (κ3) is 17.9. The minimum Gasteiger partial charge on any atom is -0.493 e. The number of rotatable bonds is 28. The number of cyclic esters (lactones) is 2. The van der Waals surface area contributed by atoms with Crippen molar-refractivity contribution in [2.45, 2.75) is 142 Å². The molecule has 0 spiro atoms. The number of halogens is 2. The van der Waals surface area contributed by atoms with Gasteiger partial charge in [0.15, 0.2) is 0 Å². The van der Waals surface area contributed by atoms with Crippen molar-refractivity contribution in [3.05, 3.63) is 131 Å². The van der Waals surface area contributed by atoms with Crippen LogP contribution in [0.4, 0.5) is 18.4 Å². The number of carbonyl (C=O) groups is 6. The van der Waals surface area contributed by atoms with Crippen LogP contribution in [-0.2, 0) is 51.2 Å². The Bertz CT molecular complexity index is 2650. The van der Waals surface area contributed by atoms with Crippen molar-refractivity contribution in [3.63, 3.8) is 0 Å². The molecule has 4 aromatic rings. The maximum Gasteiger partial charge on any atom is 0.418 e. The number of hydrogen-bond acceptors (Lipinski definition) is 14. The number of carbonyl (C=O) groups excluding carboxylic acids is 6. The summed E-state index contributed by atoms with van der Waals surface area (Å²) in [6.07, 6.45) is 1.24. The number of amides is 4. The quantitative estimate of drug-likeness (QED) is 0.0298. The van der Waals surface area contributed by atoms with Crippen molar-refractivity contribution in [1.82, 2.24) is 29.4 Å². The first-order valence-corrected chi connectivity index (χ1v) is 30.7. The minimum atomic E-state index is -1.69. The van der Waals surface area contributed by atoms with Gasteiger partial charge in [0.25, 0.3) is 11.8 Å². The van der Waals surface area contributed by atoms with Gasteiger partial charge in [-0.05, 0) is 136 Å². The van der Waals surface area contributed by atoms with Gasteiger partial charge in [-0.3, -0.25) is 9.59 Å². The van der Waals surface area contributed by atoms with E-state index in [2.05, 4.69) is 9.80 Å². The Balaban J connectivity index is 1.04. The second-order valence-corrected chi connectivity index (χ2v) is 23.8. The lowest BCUT2D eigenvalue weighted by Crippen LogP contribution is -2.50. The predicted molar refractivity (Wildman–Crippen MR) is 318 cm³/mol. The molecule has 4 atom stereocenters. The van der Waals surface area contributed by atoms with E-state index in [9.17, 15) is 28.0 Å². The maximum atomic E-state index is 15.5. The SMILES string of the molecule is CCC1COC(=O)N1CCCN1CCC(N(Cc2ccc(F)cc2)C(=O)C(OC(=O)C(=O)OC(C(=O)N(Cc2ccc(F)cc2)C2CCN(CCCN3C(=O)OCC3CC)CC2)c2ccc(OCC(C)C)cc2)c2ccc(OCC(C)C)cc2)CC1. The highest BCUT2D eigenvalue weighted by atomic mass is 19.1. The molecular weight excluding hydrogens is 1110 g/mol. The summed E-state index contributed by atoms with van der Waals surface area (Å²) in [4.78, 5) is 96.5. The van der Waals surface area contributed by atoms with Crippen molar-refractivity contribution >= 4 is 35.9 Å². The summed E-state index contributed by atoms with van der Waals surface area (Å²) >= 11 is 0. The lowest BCUT2D eigenvalue weighted by atomic mass is 9.99. The van der Waals surface area contributed by atoms with Gasteiger partial charge in [-0.1, -0.05) is 90.1 Å². The van der Waals surface area contributed by atoms with Gasteiger partial charge in [0.1, 0.15) is 36.3 Å². The monoisotopic (exact) mass is 1190 g/mol. The molecule has 4 amide bonds. The van der Waals surface area contributed by atoms with Gasteiger partial charge in [0.2, 0.25) is 12.2 Å². The zero-order valence-corrected chi connectivity index (χ0v) is 50.8. The van der Waals surface area contributed by atoms with E-state index in [1.165, 1.54) is 24.3 Å². The molecule has 466 valence electrons. The Morgan fingerprint density at radius 3 is 1.20 bits per heavy atom. The van der Waals surface area contributed by atoms with Crippen LogP contribution in [0.3, 0.4) is 0 Å². The van der Waals surface area contributed by atoms with Crippen LogP contribution in [0.1, 0.15) is 127 Å². The van der Waals surface area contributed by atoms with Crippen LogP contribution in [-0.4, -0.2) is 168 Å². The van der Waals surface area contributed by atoms with Gasteiger partial charge >= 0.3 is 24.1 Å². The third-order valence-electron chi connectivity index (χ3n) is 16.5. The summed E-state index contributed by atoms with van der Waals surface area (Å²) in [5, 5.41) is 0. The van der Waals surface area contributed by atoms with E-state index in [0.717, 1.165) is 38.8 Å². The minimum absolute atomic E-state index is 0.0258. The standard InChI is InChI=1S/C66H86F2N6O12/c1-7-53-43-83-65(79)71(53)33-9-31-69-35-27-55(28-36-69)73(39-47-11-19-51(67)20-12-47)61(75)59(49-15-23-57(24-16-49)81-41-45(3)4)85-63(77)64(78)86-60(50-17-25-58(26-18-50)82-42-46(5)6)62(76)74(40-48-13-21-52(68)22-14-48)56-29-37-70(38-30-56)32-10-34-72-54(8-2)44-84-66(72)80/h11-26,45-46,53-56,59-60H,7-10,27-44H2,1-6H3. The van der Waals surface area contributed by atoms with Crippen molar-refractivity contribution in [1.29, 1.82) is 0 Å². The summed E-state index contributed by atoms with van der Waals surface area (Å²) < 4.78 is 63.4. The molecule has 0 saturated carbocycles. The van der Waals surface area contributed by atoms with Crippen LogP contribution in [0.25, 0.3) is 0 Å². The van der Waals surface area contributed by atoms with E-state index in [1.807, 2.05) is 41.5 Å². The fourth-order valence-corrected chi connectivity index (χ4v) is 11.5. The Morgan fingerprint density at radius 1 is 0.523 bits per heavy atom. The number of piperidine rings is 2. The molecule has 4 heterocycles. The van der Waals surface area contributed by atoms with Gasteiger partial charge < -0.3 is 57.8 Å². The molecule has 18 nitrogen and oxygen atoms in total. The predicted octanol–water partition coefficient (Wildman–Crippen LogP) is 10.1. The Labute approximate surface area is 504 Å². The van der Waals surface area contributed by atoms with Crippen LogP contribution < -0.4 is 9.47 Å². The molecule has 0 N–H and O–H groups in total. The van der Waals surface area contributed by atoms with Gasteiger partial charge in [-0.15, -0.1) is 0 Å². The van der Waals surface area contributed by atoms with Gasteiger partial charge in [0.05, 0.1) is 25.3 Å². The van der Waals surface area contributed by atoms with Crippen LogP contribution in [0.5, 0.6) is 11.5 Å². The van der Waals surface area contributed by atoms with Gasteiger partial charge in [-0.25, -0.2) is 28.0 Å². The highest BCUT2D eigenvalue weighted by Crippen LogP contribution is 2.32. The smallest absolute Gasteiger partial charge is 0.418 e. The summed E-state index contributed by atoms with van der Waals surface area (Å²) in [5.74, 6) is -3.75. The molecule has 4 aromatic carbocycles. The molecule has 0 aromatic heterocycles. The topological polar surface area (TPSA) is 177 Å². The van der Waals surface area contributed by atoms with E-state index in [1.54, 1.807) is 92.4 Å². The number of benzene rings is 4. The van der Waals surface area contributed by atoms with E-state index in [-0.39, 0.29) is 72.4 Å². The summed E-state index contributed by atoms with van der Waals surface area (Å²) in [5.41, 5.74) is 1.73. The zero-order valence-electron chi connectivity index (χ0n) is 50.8. The van der Waals surface area contributed by atoms with Gasteiger partial charge in [-0.2, -0.15) is 0 Å². The van der Waals surface area contributed by atoms with Crippen molar-refractivity contribution in [2.75, 3.05) is 78.8 Å². The summed E-state index contributed by atoms with van der Waals surface area (Å²) in [6.45, 7) is 18.8. The van der Waals surface area contributed by atoms with E-state index >= 15 is 9.59 Å². The molecule has 4 saturated heterocycles. The maximum absolute atomic E-state index is 15.5. The molecule has 20 heteroatoms. The van der Waals surface area contributed by atoms with Crippen LogP contribution in [0.2, 0.25) is 0 Å². The van der Waals surface area contributed by atoms with Gasteiger partial charge in [0, 0.05) is 75.6 Å². The van der Waals surface area contributed by atoms with E-state index < -0.39 is 47.6 Å². The number of esters is 2. The highest BCUT2D eigenvalue weighted by molar-refractivity contribution is 6.30. The van der Waals surface area contributed by atoms with Crippen molar-refractivity contribution in [2.24, 2.45) is 11.8 Å². The molecule has 0 radical (unpaired) electrons. The number of likely N-dealkylation sites (tertiary alicyclic amines) is 2. The normalized spacial score (nSPS) is 18.6. The lowest BCUT2D eigenvalue weighted by Gasteiger charge is -2.40. The Kier molecular flexibility index (Phi) is 23.6. The zero-order chi connectivity index (χ0) is 61.3. The first-order chi connectivity index (χ1) is 41.5.